The number of thioether (sulfide) groups is 1. The Balaban J connectivity index is 1.45. The van der Waals surface area contributed by atoms with Crippen molar-refractivity contribution in [1.82, 2.24) is 4.57 Å². The average Bonchev–Trinajstić information content (AvgIpc) is 3.09. The zero-order valence-corrected chi connectivity index (χ0v) is 17.6. The predicted molar refractivity (Wildman–Crippen MR) is 126 cm³/mol. The van der Waals surface area contributed by atoms with E-state index in [4.69, 9.17) is 4.74 Å². The van der Waals surface area contributed by atoms with E-state index in [1.165, 1.54) is 21.8 Å². The summed E-state index contributed by atoms with van der Waals surface area (Å²) in [6.45, 7) is 4.22. The third kappa shape index (κ3) is 4.25. The van der Waals surface area contributed by atoms with Gasteiger partial charge in [-0.05, 0) is 49.6 Å². The summed E-state index contributed by atoms with van der Waals surface area (Å²) in [5.74, 6) is 0.870. The molecule has 1 N–H and O–H groups in total. The lowest BCUT2D eigenvalue weighted by Crippen LogP contribution is -2.09. The van der Waals surface area contributed by atoms with Crippen molar-refractivity contribution in [3.05, 3.63) is 72.8 Å². The molecule has 0 amide bonds. The number of hydrogen-bond donors (Lipinski definition) is 1. The van der Waals surface area contributed by atoms with Gasteiger partial charge in [-0.3, -0.25) is 4.99 Å². The van der Waals surface area contributed by atoms with Crippen LogP contribution in [0.5, 0.6) is 5.75 Å². The minimum atomic E-state index is 0.614. The molecule has 148 valence electrons. The number of fused-ring (bicyclic) bond motifs is 3. The lowest BCUT2D eigenvalue weighted by Gasteiger charge is -2.11. The monoisotopic (exact) mass is 403 g/mol. The van der Waals surface area contributed by atoms with Gasteiger partial charge < -0.3 is 14.6 Å². The smallest absolute Gasteiger partial charge is 0.160 e. The van der Waals surface area contributed by atoms with E-state index in [-0.39, 0.29) is 0 Å². The van der Waals surface area contributed by atoms with Crippen LogP contribution in [-0.4, -0.2) is 29.1 Å². The number of benzene rings is 3. The normalized spacial score (nSPS) is 11.9. The SMILES string of the molecule is CCN=C(Nc1ccc(OCCn2c3ccccc3c3ccccc32)cc1)SC. The first-order chi connectivity index (χ1) is 14.3. The molecular formula is C24H25N3OS. The van der Waals surface area contributed by atoms with E-state index >= 15 is 0 Å². The molecular weight excluding hydrogens is 378 g/mol. The molecule has 5 heteroatoms. The lowest BCUT2D eigenvalue weighted by atomic mass is 10.2. The maximum Gasteiger partial charge on any atom is 0.160 e. The van der Waals surface area contributed by atoms with E-state index in [2.05, 4.69) is 63.4 Å². The Hall–Kier alpha value is -2.92. The first kappa shape index (κ1) is 19.4. The van der Waals surface area contributed by atoms with Crippen LogP contribution in [0.25, 0.3) is 21.8 Å². The molecule has 0 aliphatic carbocycles. The number of aromatic nitrogens is 1. The van der Waals surface area contributed by atoms with Gasteiger partial charge >= 0.3 is 0 Å². The molecule has 3 aromatic carbocycles. The van der Waals surface area contributed by atoms with Gasteiger partial charge in [0, 0.05) is 34.0 Å². The van der Waals surface area contributed by atoms with Crippen LogP contribution in [-0.2, 0) is 6.54 Å². The zero-order valence-electron chi connectivity index (χ0n) is 16.8. The van der Waals surface area contributed by atoms with Gasteiger partial charge in [0.05, 0.1) is 6.54 Å². The number of aliphatic imine (C=N–C) groups is 1. The molecule has 0 saturated heterocycles. The molecule has 1 aromatic heterocycles. The Morgan fingerprint density at radius 2 is 1.55 bits per heavy atom. The number of hydrogen-bond acceptors (Lipinski definition) is 3. The Kier molecular flexibility index (Phi) is 6.06. The third-order valence-electron chi connectivity index (χ3n) is 4.86. The molecule has 0 fully saturated rings. The van der Waals surface area contributed by atoms with Crippen LogP contribution in [0.2, 0.25) is 0 Å². The van der Waals surface area contributed by atoms with Crippen molar-refractivity contribution in [2.24, 2.45) is 4.99 Å². The highest BCUT2D eigenvalue weighted by Crippen LogP contribution is 2.28. The van der Waals surface area contributed by atoms with Gasteiger partial charge in [0.15, 0.2) is 5.17 Å². The number of anilines is 1. The Morgan fingerprint density at radius 1 is 0.931 bits per heavy atom. The highest BCUT2D eigenvalue weighted by molar-refractivity contribution is 8.13. The Bertz CT molecular complexity index is 1080. The first-order valence-electron chi connectivity index (χ1n) is 9.84. The Labute approximate surface area is 175 Å². The summed E-state index contributed by atoms with van der Waals surface area (Å²) in [6.07, 6.45) is 2.02. The summed E-state index contributed by atoms with van der Waals surface area (Å²) >= 11 is 1.61. The van der Waals surface area contributed by atoms with Gasteiger partial charge in [-0.2, -0.15) is 0 Å². The van der Waals surface area contributed by atoms with Gasteiger partial charge in [0.25, 0.3) is 0 Å². The minimum Gasteiger partial charge on any atom is -0.492 e. The summed E-state index contributed by atoms with van der Waals surface area (Å²) in [6, 6.07) is 25.1. The Morgan fingerprint density at radius 3 is 2.14 bits per heavy atom. The maximum atomic E-state index is 6.03. The number of nitrogens with zero attached hydrogens (tertiary/aromatic N) is 2. The van der Waals surface area contributed by atoms with Crippen molar-refractivity contribution in [1.29, 1.82) is 0 Å². The van der Waals surface area contributed by atoms with Crippen molar-refractivity contribution < 1.29 is 4.74 Å². The van der Waals surface area contributed by atoms with E-state index in [0.29, 0.717) is 6.61 Å². The molecule has 1 heterocycles. The van der Waals surface area contributed by atoms with Gasteiger partial charge in [-0.25, -0.2) is 0 Å². The predicted octanol–water partition coefficient (Wildman–Crippen LogP) is 6.02. The lowest BCUT2D eigenvalue weighted by molar-refractivity contribution is 0.302. The zero-order chi connectivity index (χ0) is 20.1. The summed E-state index contributed by atoms with van der Waals surface area (Å²) in [7, 11) is 0. The second-order valence-corrected chi connectivity index (χ2v) is 7.46. The molecule has 0 aliphatic heterocycles. The number of amidine groups is 1. The first-order valence-corrected chi connectivity index (χ1v) is 11.1. The van der Waals surface area contributed by atoms with E-state index < -0.39 is 0 Å². The third-order valence-corrected chi connectivity index (χ3v) is 5.48. The van der Waals surface area contributed by atoms with Crippen LogP contribution in [0.3, 0.4) is 0 Å². The summed E-state index contributed by atoms with van der Waals surface area (Å²) < 4.78 is 8.37. The fraction of sp³-hybridized carbons (Fsp3) is 0.208. The topological polar surface area (TPSA) is 38.6 Å². The van der Waals surface area contributed by atoms with E-state index in [1.807, 2.05) is 37.4 Å². The molecule has 0 spiro atoms. The van der Waals surface area contributed by atoms with Crippen molar-refractivity contribution in [2.45, 2.75) is 13.5 Å². The molecule has 0 aliphatic rings. The molecule has 4 rings (SSSR count). The van der Waals surface area contributed by atoms with Crippen LogP contribution in [0.15, 0.2) is 77.8 Å². The van der Waals surface area contributed by atoms with Crippen molar-refractivity contribution in [3.8, 4) is 5.75 Å². The van der Waals surface area contributed by atoms with E-state index in [0.717, 1.165) is 29.7 Å². The van der Waals surface area contributed by atoms with Gasteiger partial charge in [0.1, 0.15) is 12.4 Å². The molecule has 0 radical (unpaired) electrons. The van der Waals surface area contributed by atoms with Crippen molar-refractivity contribution >= 4 is 44.4 Å². The summed E-state index contributed by atoms with van der Waals surface area (Å²) in [4.78, 5) is 4.42. The number of nitrogens with one attached hydrogen (secondary N) is 1. The van der Waals surface area contributed by atoms with Gasteiger partial charge in [-0.15, -0.1) is 0 Å². The minimum absolute atomic E-state index is 0.614. The molecule has 0 bridgehead atoms. The molecule has 0 saturated carbocycles. The molecule has 0 atom stereocenters. The van der Waals surface area contributed by atoms with Crippen molar-refractivity contribution in [3.63, 3.8) is 0 Å². The standard InChI is InChI=1S/C24H25N3OS/c1-3-25-24(29-2)26-18-12-14-19(15-13-18)28-17-16-27-22-10-6-4-8-20(22)21-9-5-7-11-23(21)27/h4-15H,3,16-17H2,1-2H3,(H,25,26). The number of para-hydroxylation sites is 2. The van der Waals surface area contributed by atoms with Gasteiger partial charge in [0.2, 0.25) is 0 Å². The maximum absolute atomic E-state index is 6.03. The fourth-order valence-corrected chi connectivity index (χ4v) is 4.03. The molecule has 29 heavy (non-hydrogen) atoms. The average molecular weight is 404 g/mol. The number of rotatable bonds is 6. The second kappa shape index (κ2) is 9.05. The van der Waals surface area contributed by atoms with Crippen LogP contribution in [0.1, 0.15) is 6.92 Å². The second-order valence-electron chi connectivity index (χ2n) is 6.67. The highest BCUT2D eigenvalue weighted by atomic mass is 32.2. The van der Waals surface area contributed by atoms with Gasteiger partial charge in [-0.1, -0.05) is 48.2 Å². The summed E-state index contributed by atoms with van der Waals surface area (Å²) in [5.41, 5.74) is 3.51. The van der Waals surface area contributed by atoms with Crippen LogP contribution in [0, 0.1) is 0 Å². The molecule has 4 nitrogen and oxygen atoms in total. The van der Waals surface area contributed by atoms with E-state index in [9.17, 15) is 0 Å². The molecule has 0 unspecified atom stereocenters. The van der Waals surface area contributed by atoms with E-state index in [1.54, 1.807) is 11.8 Å². The summed E-state index contributed by atoms with van der Waals surface area (Å²) in [5, 5.41) is 6.83. The van der Waals surface area contributed by atoms with Crippen molar-refractivity contribution in [2.75, 3.05) is 24.7 Å². The fourth-order valence-electron chi connectivity index (χ4n) is 3.56. The van der Waals surface area contributed by atoms with Crippen LogP contribution < -0.4 is 10.1 Å². The largest absolute Gasteiger partial charge is 0.492 e. The van der Waals surface area contributed by atoms with Crippen LogP contribution in [0.4, 0.5) is 5.69 Å². The highest BCUT2D eigenvalue weighted by Gasteiger charge is 2.09. The number of ether oxygens (including phenoxy) is 1. The van der Waals surface area contributed by atoms with Crippen LogP contribution >= 0.6 is 11.8 Å². The molecule has 4 aromatic rings. The quantitative estimate of drug-likeness (QED) is 0.316.